The highest BCUT2D eigenvalue weighted by Gasteiger charge is 2.29. The van der Waals surface area contributed by atoms with E-state index < -0.39 is 0 Å². The van der Waals surface area contributed by atoms with Crippen LogP contribution >= 0.6 is 0 Å². The fourth-order valence-electron chi connectivity index (χ4n) is 2.15. The number of benzene rings is 1. The number of aliphatic hydroxyl groups is 1. The van der Waals surface area contributed by atoms with E-state index in [4.69, 9.17) is 10.8 Å². The van der Waals surface area contributed by atoms with Crippen LogP contribution < -0.4 is 5.73 Å². The molecule has 1 aliphatic rings. The summed E-state index contributed by atoms with van der Waals surface area (Å²) in [5, 5.41) is 9.11. The molecule has 1 saturated heterocycles. The van der Waals surface area contributed by atoms with Crippen LogP contribution in [-0.4, -0.2) is 35.7 Å². The summed E-state index contributed by atoms with van der Waals surface area (Å²) >= 11 is 0. The Morgan fingerprint density at radius 3 is 2.60 bits per heavy atom. The summed E-state index contributed by atoms with van der Waals surface area (Å²) in [7, 11) is 0. The summed E-state index contributed by atoms with van der Waals surface area (Å²) in [5.41, 5.74) is 7.24. The fourth-order valence-corrected chi connectivity index (χ4v) is 2.15. The molecule has 2 rings (SSSR count). The number of hydrogen-bond donors (Lipinski definition) is 2. The van der Waals surface area contributed by atoms with Crippen LogP contribution in [0.25, 0.3) is 0 Å². The van der Waals surface area contributed by atoms with Crippen molar-refractivity contribution in [2.75, 3.05) is 19.7 Å². The quantitative estimate of drug-likeness (QED) is 0.754. The molecule has 15 heavy (non-hydrogen) atoms. The number of hydrogen-bond acceptors (Lipinski definition) is 3. The third-order valence-electron chi connectivity index (χ3n) is 3.05. The van der Waals surface area contributed by atoms with Gasteiger partial charge in [-0.2, -0.15) is 0 Å². The zero-order valence-corrected chi connectivity index (χ0v) is 8.84. The summed E-state index contributed by atoms with van der Waals surface area (Å²) in [4.78, 5) is 2.31. The highest BCUT2D eigenvalue weighted by atomic mass is 16.3. The Bertz CT molecular complexity index is 302. The molecular formula is C12H18N2O. The normalized spacial score (nSPS) is 27.1. The van der Waals surface area contributed by atoms with Gasteiger partial charge in [0.2, 0.25) is 0 Å². The van der Waals surface area contributed by atoms with Crippen LogP contribution in [0, 0.1) is 5.92 Å². The molecule has 0 radical (unpaired) electrons. The molecule has 1 aromatic carbocycles. The summed E-state index contributed by atoms with van der Waals surface area (Å²) in [6, 6.07) is 10.5. The van der Waals surface area contributed by atoms with Crippen molar-refractivity contribution in [1.82, 2.24) is 4.90 Å². The van der Waals surface area contributed by atoms with Crippen LogP contribution in [0.3, 0.4) is 0 Å². The van der Waals surface area contributed by atoms with Crippen molar-refractivity contribution in [3.8, 4) is 0 Å². The molecular weight excluding hydrogens is 188 g/mol. The van der Waals surface area contributed by atoms with Crippen molar-refractivity contribution in [1.29, 1.82) is 0 Å². The van der Waals surface area contributed by atoms with Gasteiger partial charge in [0.1, 0.15) is 0 Å². The van der Waals surface area contributed by atoms with Crippen molar-refractivity contribution in [2.45, 2.75) is 12.6 Å². The predicted octanol–water partition coefficient (Wildman–Crippen LogP) is 0.438. The Morgan fingerprint density at radius 2 is 2.00 bits per heavy atom. The van der Waals surface area contributed by atoms with Crippen LogP contribution in [0.5, 0.6) is 0 Å². The minimum absolute atomic E-state index is 0.124. The smallest absolute Gasteiger partial charge is 0.0486 e. The zero-order valence-electron chi connectivity index (χ0n) is 8.84. The van der Waals surface area contributed by atoms with E-state index in [1.807, 2.05) is 6.07 Å². The van der Waals surface area contributed by atoms with Gasteiger partial charge < -0.3 is 10.8 Å². The van der Waals surface area contributed by atoms with Crippen LogP contribution in [0.1, 0.15) is 5.56 Å². The predicted molar refractivity (Wildman–Crippen MR) is 60.3 cm³/mol. The average Bonchev–Trinajstić information content (AvgIpc) is 2.60. The van der Waals surface area contributed by atoms with Gasteiger partial charge in [-0.25, -0.2) is 0 Å². The van der Waals surface area contributed by atoms with E-state index in [0.29, 0.717) is 0 Å². The van der Waals surface area contributed by atoms with Gasteiger partial charge in [-0.05, 0) is 5.56 Å². The third kappa shape index (κ3) is 2.56. The maximum atomic E-state index is 9.11. The molecule has 1 aromatic rings. The average molecular weight is 206 g/mol. The topological polar surface area (TPSA) is 49.5 Å². The van der Waals surface area contributed by atoms with E-state index in [-0.39, 0.29) is 18.6 Å². The summed E-state index contributed by atoms with van der Waals surface area (Å²) in [6.45, 7) is 2.93. The highest BCUT2D eigenvalue weighted by molar-refractivity contribution is 5.14. The molecule has 0 aromatic heterocycles. The molecule has 1 heterocycles. The van der Waals surface area contributed by atoms with Crippen LogP contribution in [0.2, 0.25) is 0 Å². The van der Waals surface area contributed by atoms with E-state index in [9.17, 15) is 0 Å². The second-order valence-corrected chi connectivity index (χ2v) is 4.29. The van der Waals surface area contributed by atoms with E-state index in [1.54, 1.807) is 0 Å². The molecule has 3 nitrogen and oxygen atoms in total. The first-order valence-electron chi connectivity index (χ1n) is 5.42. The Balaban J connectivity index is 1.92. The molecule has 0 bridgehead atoms. The number of nitrogens with zero attached hydrogens (tertiary/aromatic N) is 1. The molecule has 3 N–H and O–H groups in total. The summed E-state index contributed by atoms with van der Waals surface area (Å²) in [6.07, 6.45) is 0. The lowest BCUT2D eigenvalue weighted by molar-refractivity contribution is 0.214. The molecule has 0 amide bonds. The van der Waals surface area contributed by atoms with Gasteiger partial charge in [0, 0.05) is 38.2 Å². The summed E-state index contributed by atoms with van der Waals surface area (Å²) < 4.78 is 0. The summed E-state index contributed by atoms with van der Waals surface area (Å²) in [5.74, 6) is 0.244. The Kier molecular flexibility index (Phi) is 3.36. The highest BCUT2D eigenvalue weighted by Crippen LogP contribution is 2.17. The van der Waals surface area contributed by atoms with Gasteiger partial charge in [-0.15, -0.1) is 0 Å². The number of likely N-dealkylation sites (tertiary alicyclic amines) is 1. The number of nitrogens with two attached hydrogens (primary N) is 1. The first kappa shape index (κ1) is 10.6. The van der Waals surface area contributed by atoms with Gasteiger partial charge in [0.15, 0.2) is 0 Å². The van der Waals surface area contributed by atoms with E-state index in [0.717, 1.165) is 19.6 Å². The monoisotopic (exact) mass is 206 g/mol. The fraction of sp³-hybridized carbons (Fsp3) is 0.500. The molecule has 0 aliphatic carbocycles. The first-order valence-corrected chi connectivity index (χ1v) is 5.42. The molecule has 2 atom stereocenters. The zero-order chi connectivity index (χ0) is 10.7. The lowest BCUT2D eigenvalue weighted by atomic mass is 10.1. The van der Waals surface area contributed by atoms with Crippen molar-refractivity contribution in [3.63, 3.8) is 0 Å². The SMILES string of the molecule is NC1CN(Cc2ccccc2)CC1CO. The van der Waals surface area contributed by atoms with Gasteiger partial charge in [0.05, 0.1) is 0 Å². The van der Waals surface area contributed by atoms with Gasteiger partial charge in [0.25, 0.3) is 0 Å². The maximum Gasteiger partial charge on any atom is 0.0486 e. The Labute approximate surface area is 90.5 Å². The minimum Gasteiger partial charge on any atom is -0.396 e. The third-order valence-corrected chi connectivity index (χ3v) is 3.05. The van der Waals surface area contributed by atoms with E-state index in [1.165, 1.54) is 5.56 Å². The number of aliphatic hydroxyl groups excluding tert-OH is 1. The van der Waals surface area contributed by atoms with Gasteiger partial charge in [-0.1, -0.05) is 30.3 Å². The molecule has 1 fully saturated rings. The molecule has 0 saturated carbocycles. The Morgan fingerprint density at radius 1 is 1.27 bits per heavy atom. The van der Waals surface area contributed by atoms with Crippen LogP contribution in [-0.2, 0) is 6.54 Å². The maximum absolute atomic E-state index is 9.11. The van der Waals surface area contributed by atoms with E-state index in [2.05, 4.69) is 29.2 Å². The second-order valence-electron chi connectivity index (χ2n) is 4.29. The van der Waals surface area contributed by atoms with Crippen LogP contribution in [0.15, 0.2) is 30.3 Å². The molecule has 2 unspecified atom stereocenters. The molecule has 82 valence electrons. The minimum atomic E-state index is 0.124. The van der Waals surface area contributed by atoms with Gasteiger partial charge in [-0.3, -0.25) is 4.90 Å². The van der Waals surface area contributed by atoms with E-state index >= 15 is 0 Å². The molecule has 0 spiro atoms. The van der Waals surface area contributed by atoms with Crippen molar-refractivity contribution in [2.24, 2.45) is 11.7 Å². The van der Waals surface area contributed by atoms with Crippen molar-refractivity contribution >= 4 is 0 Å². The molecule has 1 aliphatic heterocycles. The number of rotatable bonds is 3. The largest absolute Gasteiger partial charge is 0.396 e. The van der Waals surface area contributed by atoms with Crippen molar-refractivity contribution in [3.05, 3.63) is 35.9 Å². The van der Waals surface area contributed by atoms with Crippen molar-refractivity contribution < 1.29 is 5.11 Å². The molecule has 3 heteroatoms. The van der Waals surface area contributed by atoms with Crippen LogP contribution in [0.4, 0.5) is 0 Å². The van der Waals surface area contributed by atoms with Gasteiger partial charge >= 0.3 is 0 Å². The first-order chi connectivity index (χ1) is 7.29. The second kappa shape index (κ2) is 4.75. The standard InChI is InChI=1S/C12H18N2O/c13-12-8-14(7-11(12)9-15)6-10-4-2-1-3-5-10/h1-5,11-12,15H,6-9,13H2. The lowest BCUT2D eigenvalue weighted by Gasteiger charge is -2.15. The Hall–Kier alpha value is -0.900. The lowest BCUT2D eigenvalue weighted by Crippen LogP contribution is -2.31.